The first-order chi connectivity index (χ1) is 16.8. The van der Waals surface area contributed by atoms with Gasteiger partial charge in [-0.3, -0.25) is 9.10 Å². The lowest BCUT2D eigenvalue weighted by atomic mass is 10.2. The zero-order valence-corrected chi connectivity index (χ0v) is 22.1. The van der Waals surface area contributed by atoms with Crippen LogP contribution in [0.1, 0.15) is 30.9 Å². The van der Waals surface area contributed by atoms with Gasteiger partial charge in [-0.15, -0.1) is 0 Å². The average Bonchev–Trinajstić information content (AvgIpc) is 2.84. The van der Waals surface area contributed by atoms with Crippen LogP contribution in [0.5, 0.6) is 5.75 Å². The fourth-order valence-electron chi connectivity index (χ4n) is 3.09. The molecule has 0 saturated carbocycles. The first kappa shape index (κ1) is 26.4. The predicted molar refractivity (Wildman–Crippen MR) is 142 cm³/mol. The summed E-state index contributed by atoms with van der Waals surface area (Å²) in [4.78, 5) is 12.8. The van der Waals surface area contributed by atoms with Gasteiger partial charge >= 0.3 is 0 Å². The molecule has 0 bridgehead atoms. The van der Waals surface area contributed by atoms with Crippen LogP contribution >= 0.6 is 15.9 Å². The van der Waals surface area contributed by atoms with E-state index in [-0.39, 0.29) is 4.90 Å². The lowest BCUT2D eigenvalue weighted by molar-refractivity contribution is -0.119. The molecule has 9 heteroatoms. The second kappa shape index (κ2) is 12.5. The minimum absolute atomic E-state index is 0.101. The Morgan fingerprint density at radius 1 is 1.03 bits per heavy atom. The number of hydrogen-bond acceptors (Lipinski definition) is 5. The van der Waals surface area contributed by atoms with Crippen LogP contribution in [0.15, 0.2) is 87.3 Å². The molecule has 0 heterocycles. The molecule has 3 rings (SSSR count). The summed E-state index contributed by atoms with van der Waals surface area (Å²) in [5.74, 6) is 0.200. The van der Waals surface area contributed by atoms with Crippen molar-refractivity contribution < 1.29 is 17.9 Å². The Kier molecular flexibility index (Phi) is 9.45. The molecule has 1 amide bonds. The van der Waals surface area contributed by atoms with Crippen LogP contribution in [-0.2, 0) is 14.8 Å². The van der Waals surface area contributed by atoms with E-state index in [0.717, 1.165) is 38.5 Å². The molecule has 3 aromatic carbocycles. The first-order valence-electron chi connectivity index (χ1n) is 11.2. The van der Waals surface area contributed by atoms with Crippen molar-refractivity contribution in [3.63, 3.8) is 0 Å². The summed E-state index contributed by atoms with van der Waals surface area (Å²) in [6.07, 6.45) is 3.55. The molecule has 0 spiro atoms. The van der Waals surface area contributed by atoms with Gasteiger partial charge in [0.05, 0.1) is 23.4 Å². The van der Waals surface area contributed by atoms with E-state index in [9.17, 15) is 13.2 Å². The molecule has 1 N–H and O–H groups in total. The molecule has 0 aromatic heterocycles. The van der Waals surface area contributed by atoms with Crippen LogP contribution in [0.2, 0.25) is 0 Å². The summed E-state index contributed by atoms with van der Waals surface area (Å²) in [7, 11) is -3.98. The van der Waals surface area contributed by atoms with E-state index in [2.05, 4.69) is 33.4 Å². The molecule has 0 aliphatic carbocycles. The van der Waals surface area contributed by atoms with Gasteiger partial charge in [0.1, 0.15) is 12.3 Å². The van der Waals surface area contributed by atoms with Crippen LogP contribution in [0, 0.1) is 6.92 Å². The Morgan fingerprint density at radius 2 is 1.69 bits per heavy atom. The third-order valence-corrected chi connectivity index (χ3v) is 7.38. The van der Waals surface area contributed by atoms with Gasteiger partial charge in [-0.05, 0) is 79.6 Å². The lowest BCUT2D eigenvalue weighted by Gasteiger charge is -2.23. The number of unbranched alkanes of at least 4 members (excludes halogenated alkanes) is 1. The third kappa shape index (κ3) is 7.66. The summed E-state index contributed by atoms with van der Waals surface area (Å²) < 4.78 is 34.2. The van der Waals surface area contributed by atoms with Gasteiger partial charge in [0.2, 0.25) is 0 Å². The van der Waals surface area contributed by atoms with Crippen molar-refractivity contribution in [3.8, 4) is 5.75 Å². The van der Waals surface area contributed by atoms with Crippen LogP contribution in [-0.4, -0.2) is 33.7 Å². The molecule has 0 radical (unpaired) electrons. The zero-order valence-electron chi connectivity index (χ0n) is 19.6. The Labute approximate surface area is 215 Å². The van der Waals surface area contributed by atoms with Gasteiger partial charge in [0.25, 0.3) is 15.9 Å². The van der Waals surface area contributed by atoms with Crippen LogP contribution in [0.4, 0.5) is 5.69 Å². The van der Waals surface area contributed by atoms with Gasteiger partial charge < -0.3 is 4.74 Å². The molecule has 35 heavy (non-hydrogen) atoms. The number of anilines is 1. The normalized spacial score (nSPS) is 11.4. The number of aryl methyl sites for hydroxylation is 1. The number of carbonyl (C=O) groups excluding carboxylic acids is 1. The molecule has 0 aliphatic rings. The standard InChI is InChI=1S/C26H28BrN3O4S/c1-3-4-17-34-24-13-7-21(8-14-24)18-28-29-26(31)19-30(23-11-9-22(27)10-12-23)35(32,33)25-15-5-20(2)6-16-25/h5-16,18H,3-4,17,19H2,1-2H3,(H,29,31)/b28-18-. The van der Waals surface area contributed by atoms with Crippen molar-refractivity contribution in [3.05, 3.63) is 88.4 Å². The minimum Gasteiger partial charge on any atom is -0.494 e. The molecule has 0 saturated heterocycles. The number of carbonyl (C=O) groups is 1. The topological polar surface area (TPSA) is 88.1 Å². The van der Waals surface area contributed by atoms with Gasteiger partial charge in [-0.1, -0.05) is 47.0 Å². The molecule has 0 unspecified atom stereocenters. The smallest absolute Gasteiger partial charge is 0.264 e. The molecule has 0 aliphatic heterocycles. The number of sulfonamides is 1. The molecular weight excluding hydrogens is 530 g/mol. The molecule has 184 valence electrons. The highest BCUT2D eigenvalue weighted by Gasteiger charge is 2.27. The largest absolute Gasteiger partial charge is 0.494 e. The van der Waals surface area contributed by atoms with Crippen molar-refractivity contribution >= 4 is 43.8 Å². The quantitative estimate of drug-likeness (QED) is 0.197. The monoisotopic (exact) mass is 557 g/mol. The maximum Gasteiger partial charge on any atom is 0.264 e. The summed E-state index contributed by atoms with van der Waals surface area (Å²) in [5, 5.41) is 3.98. The number of rotatable bonds is 11. The van der Waals surface area contributed by atoms with Gasteiger partial charge in [0, 0.05) is 4.47 Å². The van der Waals surface area contributed by atoms with Crippen molar-refractivity contribution in [2.24, 2.45) is 5.10 Å². The summed E-state index contributed by atoms with van der Waals surface area (Å²) >= 11 is 3.35. The fraction of sp³-hybridized carbons (Fsp3) is 0.231. The van der Waals surface area contributed by atoms with Crippen molar-refractivity contribution in [1.82, 2.24) is 5.43 Å². The summed E-state index contributed by atoms with van der Waals surface area (Å²) in [6, 6.07) is 20.5. The van der Waals surface area contributed by atoms with Gasteiger partial charge in [-0.25, -0.2) is 13.8 Å². The number of hydrogen-bond donors (Lipinski definition) is 1. The second-order valence-corrected chi connectivity index (χ2v) is 10.6. The summed E-state index contributed by atoms with van der Waals surface area (Å²) in [6.45, 7) is 4.22. The number of hydrazone groups is 1. The molecule has 7 nitrogen and oxygen atoms in total. The van der Waals surface area contributed by atoms with E-state index >= 15 is 0 Å². The van der Waals surface area contributed by atoms with Crippen LogP contribution in [0.25, 0.3) is 0 Å². The Hall–Kier alpha value is -3.17. The second-order valence-electron chi connectivity index (χ2n) is 7.87. The number of ether oxygens (including phenoxy) is 1. The van der Waals surface area contributed by atoms with Crippen LogP contribution in [0.3, 0.4) is 0 Å². The Morgan fingerprint density at radius 3 is 2.31 bits per heavy atom. The van der Waals surface area contributed by atoms with E-state index < -0.39 is 22.5 Å². The Bertz CT molecular complexity index is 1240. The highest BCUT2D eigenvalue weighted by Crippen LogP contribution is 2.25. The highest BCUT2D eigenvalue weighted by molar-refractivity contribution is 9.10. The highest BCUT2D eigenvalue weighted by atomic mass is 79.9. The zero-order chi connectivity index (χ0) is 25.3. The first-order valence-corrected chi connectivity index (χ1v) is 13.4. The van der Waals surface area contributed by atoms with Gasteiger partial charge in [0.15, 0.2) is 0 Å². The number of nitrogens with one attached hydrogen (secondary N) is 1. The molecule has 3 aromatic rings. The lowest BCUT2D eigenvalue weighted by Crippen LogP contribution is -2.39. The van der Waals surface area contributed by atoms with E-state index in [4.69, 9.17) is 4.74 Å². The maximum atomic E-state index is 13.4. The SMILES string of the molecule is CCCCOc1ccc(/C=N\NC(=O)CN(c2ccc(Br)cc2)S(=O)(=O)c2ccc(C)cc2)cc1. The van der Waals surface area contributed by atoms with E-state index in [0.29, 0.717) is 12.3 Å². The number of halogens is 1. The summed E-state index contributed by atoms with van der Waals surface area (Å²) in [5.41, 5.74) is 4.49. The Balaban J connectivity index is 1.71. The number of nitrogens with zero attached hydrogens (tertiary/aromatic N) is 2. The maximum absolute atomic E-state index is 13.4. The van der Waals surface area contributed by atoms with Gasteiger partial charge in [-0.2, -0.15) is 5.10 Å². The number of benzene rings is 3. The predicted octanol–water partition coefficient (Wildman–Crippen LogP) is 5.28. The van der Waals surface area contributed by atoms with Crippen molar-refractivity contribution in [1.29, 1.82) is 0 Å². The van der Waals surface area contributed by atoms with E-state index in [1.807, 2.05) is 31.2 Å². The average molecular weight is 558 g/mol. The van der Waals surface area contributed by atoms with Crippen molar-refractivity contribution in [2.45, 2.75) is 31.6 Å². The van der Waals surface area contributed by atoms with E-state index in [1.54, 1.807) is 36.4 Å². The number of amides is 1. The van der Waals surface area contributed by atoms with E-state index in [1.165, 1.54) is 18.3 Å². The minimum atomic E-state index is -3.98. The van der Waals surface area contributed by atoms with Crippen molar-refractivity contribution in [2.75, 3.05) is 17.5 Å². The molecular formula is C26H28BrN3O4S. The molecule has 0 fully saturated rings. The van der Waals surface area contributed by atoms with Crippen LogP contribution < -0.4 is 14.5 Å². The molecule has 0 atom stereocenters. The fourth-order valence-corrected chi connectivity index (χ4v) is 4.77. The third-order valence-electron chi connectivity index (χ3n) is 5.06.